The Kier molecular flexibility index (Phi) is 6.94. The molecule has 2 aromatic rings. The molecule has 5 heteroatoms. The summed E-state index contributed by atoms with van der Waals surface area (Å²) >= 11 is 0. The Morgan fingerprint density at radius 2 is 1.91 bits per heavy atom. The van der Waals surface area contributed by atoms with Crippen LogP contribution >= 0.6 is 0 Å². The molecule has 182 valence electrons. The van der Waals surface area contributed by atoms with Gasteiger partial charge in [-0.2, -0.15) is 0 Å². The normalized spacial score (nSPS) is 22.6. The summed E-state index contributed by atoms with van der Waals surface area (Å²) in [6, 6.07) is 16.5. The fraction of sp³-hybridized carbons (Fsp3) is 0.552. The third kappa shape index (κ3) is 5.01. The van der Waals surface area contributed by atoms with Gasteiger partial charge in [-0.15, -0.1) is 0 Å². The zero-order chi connectivity index (χ0) is 23.5. The summed E-state index contributed by atoms with van der Waals surface area (Å²) < 4.78 is 6.46. The lowest BCUT2D eigenvalue weighted by Gasteiger charge is -2.48. The van der Waals surface area contributed by atoms with E-state index in [1.807, 2.05) is 18.2 Å². The van der Waals surface area contributed by atoms with Crippen LogP contribution in [-0.2, 0) is 17.6 Å². The van der Waals surface area contributed by atoms with Crippen LogP contribution in [0.5, 0.6) is 5.75 Å². The number of rotatable bonds is 9. The quantitative estimate of drug-likeness (QED) is 0.514. The van der Waals surface area contributed by atoms with Gasteiger partial charge in [0.25, 0.3) is 0 Å². The summed E-state index contributed by atoms with van der Waals surface area (Å²) in [5.41, 5.74) is 3.56. The van der Waals surface area contributed by atoms with Gasteiger partial charge in [0.2, 0.25) is 5.91 Å². The third-order valence-electron chi connectivity index (χ3n) is 8.17. The standard InChI is InChI=1S/C29H38N2O3/c1-2-20-12-13-27-23(16-20)25(18-29(34-27)14-7-15-29)30-19-26(32)24(17-21-8-4-3-5-9-21)31-28(33)22-10-6-11-22/h3-5,8-9,12-13,16,22,24-26,30,32H,2,6-7,10-11,14-15,17-19H2,1H3,(H,31,33)/t24-,25-,26+/m0/s1. The number of hydrogen-bond donors (Lipinski definition) is 3. The lowest BCUT2D eigenvalue weighted by Crippen LogP contribution is -2.53. The zero-order valence-corrected chi connectivity index (χ0v) is 20.3. The summed E-state index contributed by atoms with van der Waals surface area (Å²) in [5, 5.41) is 18.1. The molecule has 34 heavy (non-hydrogen) atoms. The monoisotopic (exact) mass is 462 g/mol. The molecule has 2 aliphatic carbocycles. The van der Waals surface area contributed by atoms with Crippen molar-refractivity contribution < 1.29 is 14.6 Å². The topological polar surface area (TPSA) is 70.6 Å². The molecule has 0 radical (unpaired) electrons. The van der Waals surface area contributed by atoms with Crippen molar-refractivity contribution in [2.75, 3.05) is 6.54 Å². The zero-order valence-electron chi connectivity index (χ0n) is 20.3. The molecule has 1 amide bonds. The van der Waals surface area contributed by atoms with Crippen LogP contribution < -0.4 is 15.4 Å². The van der Waals surface area contributed by atoms with Gasteiger partial charge >= 0.3 is 0 Å². The summed E-state index contributed by atoms with van der Waals surface area (Å²) in [6.45, 7) is 2.60. The molecule has 3 atom stereocenters. The lowest BCUT2D eigenvalue weighted by molar-refractivity contribution is -0.129. The first-order valence-corrected chi connectivity index (χ1v) is 13.1. The Labute approximate surface area is 203 Å². The van der Waals surface area contributed by atoms with Gasteiger partial charge in [-0.05, 0) is 62.1 Å². The summed E-state index contributed by atoms with van der Waals surface area (Å²) in [5.74, 6) is 1.17. The number of fused-ring (bicyclic) bond motifs is 1. The average molecular weight is 463 g/mol. The lowest BCUT2D eigenvalue weighted by atomic mass is 9.72. The highest BCUT2D eigenvalue weighted by Gasteiger charge is 2.45. The van der Waals surface area contributed by atoms with Crippen molar-refractivity contribution in [2.24, 2.45) is 5.92 Å². The second-order valence-electron chi connectivity index (χ2n) is 10.5. The predicted octanol–water partition coefficient (Wildman–Crippen LogP) is 4.47. The number of hydrogen-bond acceptors (Lipinski definition) is 4. The van der Waals surface area contributed by atoms with Crippen LogP contribution in [0.4, 0.5) is 0 Å². The van der Waals surface area contributed by atoms with E-state index in [2.05, 4.69) is 47.9 Å². The number of aliphatic hydroxyl groups excluding tert-OH is 1. The average Bonchev–Trinajstić information content (AvgIpc) is 2.80. The Morgan fingerprint density at radius 3 is 2.56 bits per heavy atom. The first kappa shape index (κ1) is 23.4. The number of ether oxygens (including phenoxy) is 1. The number of nitrogens with one attached hydrogen (secondary N) is 2. The molecule has 1 spiro atoms. The van der Waals surface area contributed by atoms with Crippen LogP contribution in [0.25, 0.3) is 0 Å². The largest absolute Gasteiger partial charge is 0.487 e. The van der Waals surface area contributed by atoms with Crippen molar-refractivity contribution in [3.8, 4) is 5.75 Å². The van der Waals surface area contributed by atoms with Gasteiger partial charge in [0.05, 0.1) is 12.1 Å². The molecule has 0 bridgehead atoms. The van der Waals surface area contributed by atoms with E-state index in [0.29, 0.717) is 13.0 Å². The van der Waals surface area contributed by atoms with E-state index in [1.54, 1.807) is 0 Å². The van der Waals surface area contributed by atoms with Crippen LogP contribution in [-0.4, -0.2) is 35.3 Å². The van der Waals surface area contributed by atoms with Gasteiger partial charge in [0, 0.05) is 30.5 Å². The maximum Gasteiger partial charge on any atom is 0.223 e. The van der Waals surface area contributed by atoms with E-state index in [9.17, 15) is 9.90 Å². The molecule has 5 rings (SSSR count). The molecule has 1 heterocycles. The maximum atomic E-state index is 12.7. The van der Waals surface area contributed by atoms with Crippen molar-refractivity contribution in [3.05, 3.63) is 65.2 Å². The van der Waals surface area contributed by atoms with Gasteiger partial charge in [-0.25, -0.2) is 0 Å². The van der Waals surface area contributed by atoms with E-state index < -0.39 is 6.10 Å². The minimum atomic E-state index is -0.678. The highest BCUT2D eigenvalue weighted by molar-refractivity contribution is 5.79. The number of carbonyl (C=O) groups is 1. The van der Waals surface area contributed by atoms with Crippen molar-refractivity contribution in [1.82, 2.24) is 10.6 Å². The predicted molar refractivity (Wildman–Crippen MR) is 134 cm³/mol. The minimum Gasteiger partial charge on any atom is -0.487 e. The Hall–Kier alpha value is -2.37. The molecule has 0 aromatic heterocycles. The van der Waals surface area contributed by atoms with Gasteiger partial charge in [-0.3, -0.25) is 4.79 Å². The molecular weight excluding hydrogens is 424 g/mol. The van der Waals surface area contributed by atoms with Crippen molar-refractivity contribution >= 4 is 5.91 Å². The van der Waals surface area contributed by atoms with Crippen LogP contribution in [0.15, 0.2) is 48.5 Å². The van der Waals surface area contributed by atoms with E-state index in [4.69, 9.17) is 4.74 Å². The van der Waals surface area contributed by atoms with Crippen molar-refractivity contribution in [3.63, 3.8) is 0 Å². The fourth-order valence-electron chi connectivity index (χ4n) is 5.53. The van der Waals surface area contributed by atoms with Crippen LogP contribution in [0.3, 0.4) is 0 Å². The van der Waals surface area contributed by atoms with Gasteiger partial charge in [0.15, 0.2) is 0 Å². The number of aliphatic hydroxyl groups is 1. The Morgan fingerprint density at radius 1 is 1.12 bits per heavy atom. The molecule has 5 nitrogen and oxygen atoms in total. The van der Waals surface area contributed by atoms with Crippen molar-refractivity contribution in [2.45, 2.75) is 88.5 Å². The maximum absolute atomic E-state index is 12.7. The van der Waals surface area contributed by atoms with Crippen LogP contribution in [0.1, 0.15) is 74.6 Å². The third-order valence-corrected chi connectivity index (χ3v) is 8.17. The second kappa shape index (κ2) is 10.1. The number of amides is 1. The minimum absolute atomic E-state index is 0.0643. The number of carbonyl (C=O) groups excluding carboxylic acids is 1. The fourth-order valence-corrected chi connectivity index (χ4v) is 5.53. The van der Waals surface area contributed by atoms with Gasteiger partial charge in [0.1, 0.15) is 11.4 Å². The number of aryl methyl sites for hydroxylation is 1. The van der Waals surface area contributed by atoms with Crippen LogP contribution in [0.2, 0.25) is 0 Å². The highest BCUT2D eigenvalue weighted by Crippen LogP contribution is 2.49. The number of benzene rings is 2. The summed E-state index contributed by atoms with van der Waals surface area (Å²) in [6.07, 6.45) is 8.29. The molecule has 2 aromatic carbocycles. The SMILES string of the molecule is CCc1ccc2c(c1)[C@@H](NC[C@@H](O)[C@H](Cc1ccccc1)NC(=O)C1CCC1)CC1(CCC1)O2. The molecule has 3 aliphatic rings. The van der Waals surface area contributed by atoms with E-state index >= 15 is 0 Å². The van der Waals surface area contributed by atoms with E-state index in [0.717, 1.165) is 56.3 Å². The van der Waals surface area contributed by atoms with Gasteiger partial charge in [-0.1, -0.05) is 55.8 Å². The molecule has 1 aliphatic heterocycles. The Bertz CT molecular complexity index is 984. The molecule has 2 saturated carbocycles. The first-order valence-electron chi connectivity index (χ1n) is 13.1. The first-order chi connectivity index (χ1) is 16.5. The van der Waals surface area contributed by atoms with Crippen molar-refractivity contribution in [1.29, 1.82) is 0 Å². The Balaban J connectivity index is 1.29. The summed E-state index contributed by atoms with van der Waals surface area (Å²) in [4.78, 5) is 12.7. The molecule has 0 saturated heterocycles. The highest BCUT2D eigenvalue weighted by atomic mass is 16.5. The smallest absolute Gasteiger partial charge is 0.223 e. The van der Waals surface area contributed by atoms with E-state index in [1.165, 1.54) is 17.5 Å². The molecular formula is C29H38N2O3. The van der Waals surface area contributed by atoms with E-state index in [-0.39, 0.29) is 29.5 Å². The second-order valence-corrected chi connectivity index (χ2v) is 10.5. The van der Waals surface area contributed by atoms with Gasteiger partial charge < -0.3 is 20.5 Å². The molecule has 0 unspecified atom stereocenters. The summed E-state index contributed by atoms with van der Waals surface area (Å²) in [7, 11) is 0. The van der Waals surface area contributed by atoms with Crippen LogP contribution in [0, 0.1) is 5.92 Å². The molecule has 2 fully saturated rings. The molecule has 3 N–H and O–H groups in total.